The van der Waals surface area contributed by atoms with Gasteiger partial charge >= 0.3 is 5.97 Å². The molecule has 98 valence electrons. The van der Waals surface area contributed by atoms with Crippen molar-refractivity contribution in [2.45, 2.75) is 25.7 Å². The zero-order valence-corrected chi connectivity index (χ0v) is 11.6. The van der Waals surface area contributed by atoms with E-state index in [0.29, 0.717) is 11.9 Å². The van der Waals surface area contributed by atoms with Gasteiger partial charge in [-0.25, -0.2) is 9.97 Å². The van der Waals surface area contributed by atoms with Gasteiger partial charge in [0.15, 0.2) is 0 Å². The molecule has 0 bridgehead atoms. The van der Waals surface area contributed by atoms with E-state index in [-0.39, 0.29) is 5.92 Å². The van der Waals surface area contributed by atoms with E-state index in [2.05, 4.69) is 31.2 Å². The highest BCUT2D eigenvalue weighted by Gasteiger charge is 2.25. The van der Waals surface area contributed by atoms with Crippen molar-refractivity contribution in [1.82, 2.24) is 9.97 Å². The van der Waals surface area contributed by atoms with Crippen molar-refractivity contribution in [2.24, 2.45) is 11.8 Å². The first-order chi connectivity index (χ1) is 8.65. The van der Waals surface area contributed by atoms with Crippen LogP contribution >= 0.6 is 15.9 Å². The van der Waals surface area contributed by atoms with Crippen LogP contribution < -0.4 is 5.32 Å². The number of nitrogens with one attached hydrogen (secondary N) is 1. The summed E-state index contributed by atoms with van der Waals surface area (Å²) in [5.74, 6) is 0.342. The minimum Gasteiger partial charge on any atom is -0.481 e. The molecule has 1 heterocycles. The standard InChI is InChI=1S/C12H16BrN3O2/c13-10-6-15-12(16-7-10)14-5-8-1-3-9(4-2-8)11(17)18/h6-9H,1-5H2,(H,17,18)(H,14,15,16). The van der Waals surface area contributed by atoms with Gasteiger partial charge in [-0.2, -0.15) is 0 Å². The van der Waals surface area contributed by atoms with E-state index < -0.39 is 5.97 Å². The molecular weight excluding hydrogens is 298 g/mol. The maximum absolute atomic E-state index is 10.8. The zero-order valence-electron chi connectivity index (χ0n) is 9.97. The van der Waals surface area contributed by atoms with Crippen molar-refractivity contribution in [1.29, 1.82) is 0 Å². The molecule has 18 heavy (non-hydrogen) atoms. The molecule has 6 heteroatoms. The smallest absolute Gasteiger partial charge is 0.306 e. The Morgan fingerprint density at radius 2 is 1.94 bits per heavy atom. The van der Waals surface area contributed by atoms with E-state index >= 15 is 0 Å². The average Bonchev–Trinajstić information content (AvgIpc) is 2.38. The highest BCUT2D eigenvalue weighted by atomic mass is 79.9. The first-order valence-electron chi connectivity index (χ1n) is 6.09. The molecule has 1 aliphatic carbocycles. The van der Waals surface area contributed by atoms with Crippen LogP contribution in [0.2, 0.25) is 0 Å². The highest BCUT2D eigenvalue weighted by Crippen LogP contribution is 2.28. The van der Waals surface area contributed by atoms with Crippen LogP contribution in [0.4, 0.5) is 5.95 Å². The van der Waals surface area contributed by atoms with Crippen molar-refractivity contribution in [3.63, 3.8) is 0 Å². The number of carboxylic acid groups (broad SMARTS) is 1. The SMILES string of the molecule is O=C(O)C1CCC(CNc2ncc(Br)cn2)CC1. The summed E-state index contributed by atoms with van der Waals surface area (Å²) in [7, 11) is 0. The van der Waals surface area contributed by atoms with Gasteiger partial charge in [0, 0.05) is 18.9 Å². The van der Waals surface area contributed by atoms with Crippen LogP contribution in [0, 0.1) is 11.8 Å². The number of rotatable bonds is 4. The van der Waals surface area contributed by atoms with Gasteiger partial charge in [-0.15, -0.1) is 0 Å². The lowest BCUT2D eigenvalue weighted by atomic mass is 9.82. The summed E-state index contributed by atoms with van der Waals surface area (Å²) in [6.07, 6.45) is 6.89. The Balaban J connectivity index is 1.75. The van der Waals surface area contributed by atoms with Gasteiger partial charge in [-0.3, -0.25) is 4.79 Å². The lowest BCUT2D eigenvalue weighted by Crippen LogP contribution is -2.25. The monoisotopic (exact) mass is 313 g/mol. The molecule has 0 saturated heterocycles. The summed E-state index contributed by atoms with van der Waals surface area (Å²) < 4.78 is 0.856. The summed E-state index contributed by atoms with van der Waals surface area (Å²) in [4.78, 5) is 19.1. The van der Waals surface area contributed by atoms with Crippen molar-refractivity contribution in [3.8, 4) is 0 Å². The predicted molar refractivity (Wildman–Crippen MR) is 71.3 cm³/mol. The third kappa shape index (κ3) is 3.66. The maximum atomic E-state index is 10.8. The summed E-state index contributed by atoms with van der Waals surface area (Å²) >= 11 is 3.28. The third-order valence-corrected chi connectivity index (χ3v) is 3.77. The fraction of sp³-hybridized carbons (Fsp3) is 0.583. The molecule has 0 spiro atoms. The lowest BCUT2D eigenvalue weighted by molar-refractivity contribution is -0.143. The Morgan fingerprint density at radius 3 is 2.50 bits per heavy atom. The molecule has 1 saturated carbocycles. The second-order valence-electron chi connectivity index (χ2n) is 4.66. The molecule has 2 rings (SSSR count). The van der Waals surface area contributed by atoms with E-state index in [9.17, 15) is 4.79 Å². The fourth-order valence-corrected chi connectivity index (χ4v) is 2.46. The minimum absolute atomic E-state index is 0.148. The summed E-state index contributed by atoms with van der Waals surface area (Å²) in [5, 5.41) is 12.1. The van der Waals surface area contributed by atoms with Crippen LogP contribution in [0.1, 0.15) is 25.7 Å². The van der Waals surface area contributed by atoms with Gasteiger partial charge in [0.2, 0.25) is 5.95 Å². The molecule has 2 N–H and O–H groups in total. The fourth-order valence-electron chi connectivity index (χ4n) is 2.25. The predicted octanol–water partition coefficient (Wildman–Crippen LogP) is 2.54. The van der Waals surface area contributed by atoms with Crippen LogP contribution in [0.3, 0.4) is 0 Å². The van der Waals surface area contributed by atoms with Crippen molar-refractivity contribution >= 4 is 27.8 Å². The van der Waals surface area contributed by atoms with Gasteiger partial charge in [0.05, 0.1) is 10.4 Å². The minimum atomic E-state index is -0.655. The maximum Gasteiger partial charge on any atom is 0.306 e. The van der Waals surface area contributed by atoms with E-state index in [0.717, 1.165) is 36.7 Å². The first-order valence-corrected chi connectivity index (χ1v) is 6.88. The van der Waals surface area contributed by atoms with Crippen molar-refractivity contribution in [3.05, 3.63) is 16.9 Å². The number of halogens is 1. The largest absolute Gasteiger partial charge is 0.481 e. The Labute approximate surface area is 114 Å². The van der Waals surface area contributed by atoms with E-state index in [1.54, 1.807) is 12.4 Å². The number of aromatic nitrogens is 2. The normalized spacial score (nSPS) is 23.6. The number of hydrogen-bond acceptors (Lipinski definition) is 4. The molecule has 1 aliphatic rings. The van der Waals surface area contributed by atoms with Crippen LogP contribution in [0.5, 0.6) is 0 Å². The molecule has 0 aliphatic heterocycles. The van der Waals surface area contributed by atoms with Crippen LogP contribution in [0.15, 0.2) is 16.9 Å². The lowest BCUT2D eigenvalue weighted by Gasteiger charge is -2.26. The molecule has 0 aromatic carbocycles. The second kappa shape index (κ2) is 6.13. The number of aliphatic carboxylic acids is 1. The quantitative estimate of drug-likeness (QED) is 0.893. The Hall–Kier alpha value is -1.17. The number of nitrogens with zero attached hydrogens (tertiary/aromatic N) is 2. The number of hydrogen-bond donors (Lipinski definition) is 2. The van der Waals surface area contributed by atoms with Gasteiger partial charge in [0.25, 0.3) is 0 Å². The molecule has 1 aromatic heterocycles. The molecule has 0 unspecified atom stereocenters. The number of carbonyl (C=O) groups is 1. The molecule has 1 fully saturated rings. The van der Waals surface area contributed by atoms with Gasteiger partial charge in [-0.05, 0) is 47.5 Å². The van der Waals surface area contributed by atoms with Crippen molar-refractivity contribution in [2.75, 3.05) is 11.9 Å². The zero-order chi connectivity index (χ0) is 13.0. The topological polar surface area (TPSA) is 75.1 Å². The second-order valence-corrected chi connectivity index (χ2v) is 5.58. The Kier molecular flexibility index (Phi) is 4.52. The summed E-state index contributed by atoms with van der Waals surface area (Å²) in [5.41, 5.74) is 0. The van der Waals surface area contributed by atoms with Crippen LogP contribution in [0.25, 0.3) is 0 Å². The van der Waals surface area contributed by atoms with E-state index in [1.165, 1.54) is 0 Å². The van der Waals surface area contributed by atoms with Gasteiger partial charge in [0.1, 0.15) is 0 Å². The van der Waals surface area contributed by atoms with Gasteiger partial charge < -0.3 is 10.4 Å². The van der Waals surface area contributed by atoms with E-state index in [4.69, 9.17) is 5.11 Å². The third-order valence-electron chi connectivity index (χ3n) is 3.37. The van der Waals surface area contributed by atoms with Crippen LogP contribution in [-0.4, -0.2) is 27.6 Å². The first kappa shape index (κ1) is 13.3. The molecule has 1 aromatic rings. The molecule has 5 nitrogen and oxygen atoms in total. The molecule has 0 amide bonds. The molecule has 0 radical (unpaired) electrons. The molecular formula is C12H16BrN3O2. The van der Waals surface area contributed by atoms with Crippen molar-refractivity contribution < 1.29 is 9.90 Å². The summed E-state index contributed by atoms with van der Waals surface area (Å²) in [6.45, 7) is 0.813. The van der Waals surface area contributed by atoms with Gasteiger partial charge in [-0.1, -0.05) is 0 Å². The summed E-state index contributed by atoms with van der Waals surface area (Å²) in [6, 6.07) is 0. The Morgan fingerprint density at radius 1 is 1.33 bits per heavy atom. The number of carboxylic acids is 1. The average molecular weight is 314 g/mol. The molecule has 0 atom stereocenters. The number of anilines is 1. The Bertz CT molecular complexity index is 402. The van der Waals surface area contributed by atoms with Crippen LogP contribution in [-0.2, 0) is 4.79 Å². The van der Waals surface area contributed by atoms with E-state index in [1.807, 2.05) is 0 Å². The highest BCUT2D eigenvalue weighted by molar-refractivity contribution is 9.10.